The first kappa shape index (κ1) is 19.4. The molecule has 0 aliphatic heterocycles. The summed E-state index contributed by atoms with van der Waals surface area (Å²) in [4.78, 5) is 23.4. The van der Waals surface area contributed by atoms with E-state index in [0.717, 1.165) is 11.3 Å². The molecule has 7 heteroatoms. The van der Waals surface area contributed by atoms with Crippen molar-refractivity contribution in [2.45, 2.75) is 13.5 Å². The third-order valence-corrected chi connectivity index (χ3v) is 4.50. The highest BCUT2D eigenvalue weighted by Crippen LogP contribution is 2.22. The number of benzene rings is 2. The largest absolute Gasteiger partial charge is 0.366 e. The topological polar surface area (TPSA) is 90.0 Å². The Labute approximate surface area is 167 Å². The zero-order valence-corrected chi connectivity index (χ0v) is 16.0. The second kappa shape index (κ2) is 8.54. The minimum atomic E-state index is -0.556. The van der Waals surface area contributed by atoms with Crippen molar-refractivity contribution >= 4 is 35.2 Å². The van der Waals surface area contributed by atoms with E-state index in [1.807, 2.05) is 37.3 Å². The third kappa shape index (κ3) is 4.66. The van der Waals surface area contributed by atoms with E-state index in [2.05, 4.69) is 10.4 Å². The summed E-state index contributed by atoms with van der Waals surface area (Å²) in [6.07, 6.45) is 3.00. The van der Waals surface area contributed by atoms with Crippen molar-refractivity contribution in [1.29, 1.82) is 0 Å². The van der Waals surface area contributed by atoms with Crippen LogP contribution in [-0.2, 0) is 11.3 Å². The zero-order chi connectivity index (χ0) is 20.1. The van der Waals surface area contributed by atoms with E-state index in [1.54, 1.807) is 29.0 Å². The Balaban J connectivity index is 1.72. The minimum Gasteiger partial charge on any atom is -0.366 e. The molecule has 142 valence electrons. The lowest BCUT2D eigenvalue weighted by atomic mass is 10.2. The van der Waals surface area contributed by atoms with Crippen molar-refractivity contribution in [1.82, 2.24) is 9.78 Å². The maximum atomic E-state index is 12.2. The summed E-state index contributed by atoms with van der Waals surface area (Å²) in [6.45, 7) is 2.38. The molecule has 0 atom stereocenters. The summed E-state index contributed by atoms with van der Waals surface area (Å²) < 4.78 is 1.69. The molecule has 0 aliphatic carbocycles. The van der Waals surface area contributed by atoms with E-state index in [1.165, 1.54) is 12.1 Å². The van der Waals surface area contributed by atoms with Gasteiger partial charge < -0.3 is 11.1 Å². The lowest BCUT2D eigenvalue weighted by Gasteiger charge is -2.04. The fourth-order valence-electron chi connectivity index (χ4n) is 2.71. The van der Waals surface area contributed by atoms with Gasteiger partial charge in [0.25, 0.3) is 0 Å². The predicted molar refractivity (Wildman–Crippen MR) is 110 cm³/mol. The number of hydrogen-bond acceptors (Lipinski definition) is 3. The number of halogens is 1. The van der Waals surface area contributed by atoms with Crippen molar-refractivity contribution in [3.63, 3.8) is 0 Å². The second-order valence-corrected chi connectivity index (χ2v) is 6.56. The van der Waals surface area contributed by atoms with E-state index in [4.69, 9.17) is 17.3 Å². The van der Waals surface area contributed by atoms with Crippen LogP contribution in [-0.4, -0.2) is 21.6 Å². The molecule has 3 rings (SSSR count). The first-order valence-corrected chi connectivity index (χ1v) is 8.97. The molecular weight excluding hydrogens is 376 g/mol. The molecule has 0 radical (unpaired) electrons. The van der Waals surface area contributed by atoms with Gasteiger partial charge in [-0.05, 0) is 36.8 Å². The number of amides is 2. The van der Waals surface area contributed by atoms with Gasteiger partial charge in [0.05, 0.1) is 12.2 Å². The molecule has 0 bridgehead atoms. The van der Waals surface area contributed by atoms with Gasteiger partial charge in [-0.25, -0.2) is 4.68 Å². The summed E-state index contributed by atoms with van der Waals surface area (Å²) in [6, 6.07) is 16.3. The molecule has 0 saturated heterocycles. The molecule has 3 aromatic rings. The lowest BCUT2D eigenvalue weighted by Crippen LogP contribution is -2.12. The zero-order valence-electron chi connectivity index (χ0n) is 15.2. The molecule has 0 fully saturated rings. The number of primary amides is 1. The fourth-order valence-corrected chi connectivity index (χ4v) is 3.01. The predicted octanol–water partition coefficient (Wildman–Crippen LogP) is 3.64. The molecule has 0 unspecified atom stereocenters. The van der Waals surface area contributed by atoms with Crippen LogP contribution in [0.1, 0.15) is 27.2 Å². The number of nitrogens with two attached hydrogens (primary N) is 1. The maximum Gasteiger partial charge on any atom is 0.248 e. The van der Waals surface area contributed by atoms with Crippen LogP contribution in [0.2, 0.25) is 5.15 Å². The lowest BCUT2D eigenvalue weighted by molar-refractivity contribution is -0.111. The number of anilines is 1. The van der Waals surface area contributed by atoms with Gasteiger partial charge in [-0.2, -0.15) is 5.10 Å². The van der Waals surface area contributed by atoms with Crippen LogP contribution in [0.5, 0.6) is 0 Å². The normalized spacial score (nSPS) is 10.9. The summed E-state index contributed by atoms with van der Waals surface area (Å²) >= 11 is 6.44. The molecule has 2 amide bonds. The fraction of sp³-hybridized carbons (Fsp3) is 0.0952. The molecule has 1 heterocycles. The van der Waals surface area contributed by atoms with Crippen molar-refractivity contribution in [2.24, 2.45) is 5.73 Å². The number of aromatic nitrogens is 2. The molecule has 0 aliphatic rings. The van der Waals surface area contributed by atoms with Gasteiger partial charge in [-0.15, -0.1) is 0 Å². The van der Waals surface area contributed by atoms with Gasteiger partial charge in [0.1, 0.15) is 5.15 Å². The highest BCUT2D eigenvalue weighted by molar-refractivity contribution is 6.31. The van der Waals surface area contributed by atoms with Crippen molar-refractivity contribution in [2.75, 3.05) is 5.32 Å². The Hall–Kier alpha value is -3.38. The number of nitrogens with one attached hydrogen (secondary N) is 1. The summed E-state index contributed by atoms with van der Waals surface area (Å²) in [7, 11) is 0. The standard InChI is InChI=1S/C21H19ClN4O2/c1-14-18(20(22)26(25-14)13-15-6-3-2-4-7-15)10-11-19(27)24-17-9-5-8-16(12-17)21(23)28/h2-12H,13H2,1H3,(H2,23,28)(H,24,27)/b11-10+. The average Bonchev–Trinajstić information content (AvgIpc) is 2.94. The number of aryl methyl sites for hydroxylation is 1. The first-order chi connectivity index (χ1) is 13.4. The molecular formula is C21H19ClN4O2. The maximum absolute atomic E-state index is 12.2. The molecule has 0 saturated carbocycles. The van der Waals surface area contributed by atoms with Gasteiger partial charge in [0.2, 0.25) is 11.8 Å². The van der Waals surface area contributed by atoms with Crippen LogP contribution in [0.3, 0.4) is 0 Å². The van der Waals surface area contributed by atoms with E-state index in [-0.39, 0.29) is 5.91 Å². The average molecular weight is 395 g/mol. The highest BCUT2D eigenvalue weighted by Gasteiger charge is 2.12. The second-order valence-electron chi connectivity index (χ2n) is 6.20. The summed E-state index contributed by atoms with van der Waals surface area (Å²) in [5, 5.41) is 7.60. The number of hydrogen-bond donors (Lipinski definition) is 2. The number of carbonyl (C=O) groups excluding carboxylic acids is 2. The van der Waals surface area contributed by atoms with Crippen molar-refractivity contribution in [3.05, 3.63) is 88.2 Å². The van der Waals surface area contributed by atoms with Crippen LogP contribution in [0.4, 0.5) is 5.69 Å². The Kier molecular flexibility index (Phi) is 5.91. The summed E-state index contributed by atoms with van der Waals surface area (Å²) in [5.74, 6) is -0.909. The summed E-state index contributed by atoms with van der Waals surface area (Å²) in [5.41, 5.74) is 8.53. The van der Waals surface area contributed by atoms with E-state index >= 15 is 0 Å². The molecule has 0 spiro atoms. The molecule has 6 nitrogen and oxygen atoms in total. The Morgan fingerprint density at radius 2 is 1.93 bits per heavy atom. The Morgan fingerprint density at radius 3 is 2.64 bits per heavy atom. The SMILES string of the molecule is Cc1nn(Cc2ccccc2)c(Cl)c1/C=C/C(=O)Nc1cccc(C(N)=O)c1. The van der Waals surface area contributed by atoms with Crippen LogP contribution in [0.25, 0.3) is 6.08 Å². The number of rotatable bonds is 6. The molecule has 28 heavy (non-hydrogen) atoms. The van der Waals surface area contributed by atoms with Crippen molar-refractivity contribution in [3.8, 4) is 0 Å². The van der Waals surface area contributed by atoms with E-state index in [0.29, 0.717) is 28.5 Å². The van der Waals surface area contributed by atoms with Crippen LogP contribution >= 0.6 is 11.6 Å². The molecule has 2 aromatic carbocycles. The van der Waals surface area contributed by atoms with Gasteiger partial charge in [0.15, 0.2) is 0 Å². The highest BCUT2D eigenvalue weighted by atomic mass is 35.5. The van der Waals surface area contributed by atoms with Crippen molar-refractivity contribution < 1.29 is 9.59 Å². The number of carbonyl (C=O) groups is 2. The van der Waals surface area contributed by atoms with Gasteiger partial charge in [-0.3, -0.25) is 9.59 Å². The first-order valence-electron chi connectivity index (χ1n) is 8.60. The monoisotopic (exact) mass is 394 g/mol. The molecule has 1 aromatic heterocycles. The van der Waals surface area contributed by atoms with Crippen LogP contribution in [0, 0.1) is 6.92 Å². The number of nitrogens with zero attached hydrogens (tertiary/aromatic N) is 2. The Morgan fingerprint density at radius 1 is 1.18 bits per heavy atom. The van der Waals surface area contributed by atoms with Crippen LogP contribution < -0.4 is 11.1 Å². The van der Waals surface area contributed by atoms with Gasteiger partial charge in [0, 0.05) is 22.9 Å². The minimum absolute atomic E-state index is 0.322. The van der Waals surface area contributed by atoms with Gasteiger partial charge >= 0.3 is 0 Å². The third-order valence-electron chi connectivity index (χ3n) is 4.10. The van der Waals surface area contributed by atoms with Gasteiger partial charge in [-0.1, -0.05) is 48.0 Å². The smallest absolute Gasteiger partial charge is 0.248 e. The van der Waals surface area contributed by atoms with E-state index in [9.17, 15) is 9.59 Å². The molecule has 3 N–H and O–H groups in total. The van der Waals surface area contributed by atoms with Crippen LogP contribution in [0.15, 0.2) is 60.7 Å². The Bertz CT molecular complexity index is 1040. The van der Waals surface area contributed by atoms with E-state index < -0.39 is 5.91 Å². The quantitative estimate of drug-likeness (QED) is 0.625.